The summed E-state index contributed by atoms with van der Waals surface area (Å²) in [5.41, 5.74) is 5.49. The number of nitrogens with one attached hydrogen (secondary N) is 2. The van der Waals surface area contributed by atoms with Crippen molar-refractivity contribution in [3.63, 3.8) is 0 Å². The molecule has 6 heteroatoms. The number of pyridine rings is 1. The topological polar surface area (TPSA) is 37.0 Å². The van der Waals surface area contributed by atoms with Crippen LogP contribution in [-0.4, -0.2) is 11.0 Å². The Morgan fingerprint density at radius 1 is 1.07 bits per heavy atom. The number of hydrogen-bond acceptors (Lipinski definition) is 5. The molecule has 3 rings (SSSR count). The maximum absolute atomic E-state index is 6.57. The molecule has 0 amide bonds. The lowest BCUT2D eigenvalue weighted by Crippen LogP contribution is -2.16. The predicted octanol–water partition coefficient (Wildman–Crippen LogP) is 7.40. The molecular formula is C22H26ClN3S2. The molecule has 0 unspecified atom stereocenters. The molecule has 0 aliphatic carbocycles. The van der Waals surface area contributed by atoms with Gasteiger partial charge in [-0.15, -0.1) is 11.3 Å². The van der Waals surface area contributed by atoms with Crippen LogP contribution in [0.4, 0.5) is 5.69 Å². The minimum absolute atomic E-state index is 0.0324. The van der Waals surface area contributed by atoms with E-state index in [1.807, 2.05) is 12.3 Å². The maximum atomic E-state index is 6.57. The highest BCUT2D eigenvalue weighted by Gasteiger charge is 2.16. The van der Waals surface area contributed by atoms with Crippen molar-refractivity contribution in [2.75, 3.05) is 4.72 Å². The quantitative estimate of drug-likeness (QED) is 0.398. The van der Waals surface area contributed by atoms with Crippen LogP contribution in [-0.2, 0) is 5.41 Å². The van der Waals surface area contributed by atoms with Gasteiger partial charge in [-0.05, 0) is 60.7 Å². The van der Waals surface area contributed by atoms with E-state index in [-0.39, 0.29) is 5.41 Å². The Morgan fingerprint density at radius 3 is 2.54 bits per heavy atom. The van der Waals surface area contributed by atoms with E-state index in [0.717, 1.165) is 27.5 Å². The highest BCUT2D eigenvalue weighted by molar-refractivity contribution is 7.98. The van der Waals surface area contributed by atoms with E-state index in [9.17, 15) is 0 Å². The third-order valence-electron chi connectivity index (χ3n) is 4.16. The zero-order valence-corrected chi connectivity index (χ0v) is 19.2. The van der Waals surface area contributed by atoms with Crippen LogP contribution in [0.1, 0.15) is 40.3 Å². The molecule has 2 N–H and O–H groups in total. The Bertz CT molecular complexity index is 945. The van der Waals surface area contributed by atoms with Crippen LogP contribution in [0.5, 0.6) is 0 Å². The van der Waals surface area contributed by atoms with Crippen LogP contribution in [0, 0.1) is 0 Å². The van der Waals surface area contributed by atoms with Gasteiger partial charge in [0.25, 0.3) is 0 Å². The van der Waals surface area contributed by atoms with E-state index in [0.29, 0.717) is 6.04 Å². The van der Waals surface area contributed by atoms with Gasteiger partial charge in [-0.2, -0.15) is 0 Å². The van der Waals surface area contributed by atoms with Crippen LogP contribution >= 0.6 is 35.1 Å². The molecule has 148 valence electrons. The first-order valence-electron chi connectivity index (χ1n) is 9.27. The summed E-state index contributed by atoms with van der Waals surface area (Å²) in [6, 6.07) is 12.9. The van der Waals surface area contributed by atoms with Crippen LogP contribution in [0.15, 0.2) is 48.0 Å². The molecule has 0 aliphatic heterocycles. The van der Waals surface area contributed by atoms with Gasteiger partial charge in [0.05, 0.1) is 5.02 Å². The summed E-state index contributed by atoms with van der Waals surface area (Å²) in [5.74, 6) is 0. The summed E-state index contributed by atoms with van der Waals surface area (Å²) in [4.78, 5) is 5.75. The van der Waals surface area contributed by atoms with Crippen molar-refractivity contribution in [1.29, 1.82) is 0 Å². The molecule has 0 atom stereocenters. The fraction of sp³-hybridized carbons (Fsp3) is 0.318. The second-order valence-corrected chi connectivity index (χ2v) is 10.0. The molecule has 0 saturated carbocycles. The van der Waals surface area contributed by atoms with Crippen molar-refractivity contribution >= 4 is 40.8 Å². The highest BCUT2D eigenvalue weighted by Crippen LogP contribution is 2.37. The van der Waals surface area contributed by atoms with Crippen molar-refractivity contribution in [2.45, 2.75) is 46.1 Å². The van der Waals surface area contributed by atoms with Crippen molar-refractivity contribution in [3.8, 4) is 21.6 Å². The Balaban J connectivity index is 1.80. The first-order valence-corrected chi connectivity index (χ1v) is 11.3. The molecule has 0 saturated heterocycles. The molecule has 0 spiro atoms. The standard InChI is InChI=1S/C22H26ClN3S2/c1-14(2)25-28-26-17-6-7-18(19(23)12-17)16-10-20(27-13-16)15-8-9-24-21(11-15)22(3,4)5/h6-14,25-26H,1-5H3. The van der Waals surface area contributed by atoms with Gasteiger partial charge in [-0.3, -0.25) is 4.98 Å². The summed E-state index contributed by atoms with van der Waals surface area (Å²) >= 11 is 9.77. The zero-order valence-electron chi connectivity index (χ0n) is 16.8. The normalized spacial score (nSPS) is 11.8. The van der Waals surface area contributed by atoms with Crippen molar-refractivity contribution in [3.05, 3.63) is 58.7 Å². The molecule has 0 aliphatic rings. The van der Waals surface area contributed by atoms with Gasteiger partial charge in [0, 0.05) is 51.6 Å². The smallest absolute Gasteiger partial charge is 0.0505 e. The van der Waals surface area contributed by atoms with Crippen LogP contribution in [0.25, 0.3) is 21.6 Å². The zero-order chi connectivity index (χ0) is 20.3. The second-order valence-electron chi connectivity index (χ2n) is 8.05. The Morgan fingerprint density at radius 2 is 1.86 bits per heavy atom. The number of rotatable bonds is 6. The number of hydrogen-bond donors (Lipinski definition) is 2. The average molecular weight is 432 g/mol. The number of aromatic nitrogens is 1. The molecule has 0 radical (unpaired) electrons. The van der Waals surface area contributed by atoms with Gasteiger partial charge < -0.3 is 4.72 Å². The Labute approximate surface area is 181 Å². The lowest BCUT2D eigenvalue weighted by molar-refractivity contribution is 0.569. The number of thiophene rings is 1. The average Bonchev–Trinajstić information content (AvgIpc) is 3.11. The second kappa shape index (κ2) is 8.87. The Hall–Kier alpha value is -1.53. The fourth-order valence-corrected chi connectivity index (χ4v) is 4.38. The SMILES string of the molecule is CC(C)NSNc1ccc(-c2csc(-c3ccnc(C(C)(C)C)c3)c2)c(Cl)c1. The van der Waals surface area contributed by atoms with Crippen LogP contribution < -0.4 is 9.44 Å². The van der Waals surface area contributed by atoms with Gasteiger partial charge in [-0.1, -0.05) is 38.4 Å². The van der Waals surface area contributed by atoms with E-state index in [2.05, 4.69) is 84.8 Å². The predicted molar refractivity (Wildman–Crippen MR) is 126 cm³/mol. The summed E-state index contributed by atoms with van der Waals surface area (Å²) in [6.07, 6.45) is 1.89. The molecule has 0 bridgehead atoms. The molecule has 3 nitrogen and oxygen atoms in total. The van der Waals surface area contributed by atoms with E-state index >= 15 is 0 Å². The van der Waals surface area contributed by atoms with Gasteiger partial charge in [0.2, 0.25) is 0 Å². The summed E-state index contributed by atoms with van der Waals surface area (Å²) in [6.45, 7) is 10.8. The van der Waals surface area contributed by atoms with Gasteiger partial charge in [0.1, 0.15) is 0 Å². The number of nitrogens with zero attached hydrogens (tertiary/aromatic N) is 1. The molecular weight excluding hydrogens is 406 g/mol. The molecule has 0 fully saturated rings. The minimum Gasteiger partial charge on any atom is -0.317 e. The Kier molecular flexibility index (Phi) is 6.71. The monoisotopic (exact) mass is 431 g/mol. The van der Waals surface area contributed by atoms with Crippen molar-refractivity contribution < 1.29 is 0 Å². The first kappa shape index (κ1) is 21.2. The van der Waals surface area contributed by atoms with E-state index in [1.54, 1.807) is 11.3 Å². The third-order valence-corrected chi connectivity index (χ3v) is 6.37. The van der Waals surface area contributed by atoms with E-state index < -0.39 is 0 Å². The third kappa shape index (κ3) is 5.29. The van der Waals surface area contributed by atoms with Gasteiger partial charge in [-0.25, -0.2) is 4.72 Å². The first-order chi connectivity index (χ1) is 13.2. The fourth-order valence-electron chi connectivity index (χ4n) is 2.64. The minimum atomic E-state index is 0.0324. The van der Waals surface area contributed by atoms with Crippen molar-refractivity contribution in [2.24, 2.45) is 0 Å². The van der Waals surface area contributed by atoms with Gasteiger partial charge in [0.15, 0.2) is 0 Å². The molecule has 2 heterocycles. The van der Waals surface area contributed by atoms with Crippen LogP contribution in [0.3, 0.4) is 0 Å². The molecule has 3 aromatic rings. The maximum Gasteiger partial charge on any atom is 0.0505 e. The number of halogens is 1. The van der Waals surface area contributed by atoms with Gasteiger partial charge >= 0.3 is 0 Å². The number of anilines is 1. The molecule has 2 aromatic heterocycles. The molecule has 1 aromatic carbocycles. The van der Waals surface area contributed by atoms with Crippen molar-refractivity contribution in [1.82, 2.24) is 9.71 Å². The summed E-state index contributed by atoms with van der Waals surface area (Å²) < 4.78 is 6.52. The lowest BCUT2D eigenvalue weighted by atomic mass is 9.90. The highest BCUT2D eigenvalue weighted by atomic mass is 35.5. The van der Waals surface area contributed by atoms with E-state index in [4.69, 9.17) is 11.6 Å². The summed E-state index contributed by atoms with van der Waals surface area (Å²) in [7, 11) is 0. The molecule has 28 heavy (non-hydrogen) atoms. The largest absolute Gasteiger partial charge is 0.317 e. The summed E-state index contributed by atoms with van der Waals surface area (Å²) in [5, 5.41) is 2.90. The van der Waals surface area contributed by atoms with E-state index in [1.165, 1.54) is 22.6 Å². The van der Waals surface area contributed by atoms with Crippen LogP contribution in [0.2, 0.25) is 5.02 Å². The number of benzene rings is 1. The lowest BCUT2D eigenvalue weighted by Gasteiger charge is -2.17.